The van der Waals surface area contributed by atoms with Gasteiger partial charge in [-0.1, -0.05) is 13.8 Å². The molecule has 0 saturated carbocycles. The predicted octanol–water partition coefficient (Wildman–Crippen LogP) is -0.186. The molecule has 20 heavy (non-hydrogen) atoms. The Morgan fingerprint density at radius 3 is 2.40 bits per heavy atom. The molecule has 2 N–H and O–H groups in total. The molecule has 1 aliphatic rings. The number of carboxylic acid groups (broad SMARTS) is 2. The monoisotopic (exact) mass is 288 g/mol. The van der Waals surface area contributed by atoms with Crippen LogP contribution in [0.4, 0.5) is 0 Å². The van der Waals surface area contributed by atoms with E-state index in [0.29, 0.717) is 25.6 Å². The van der Waals surface area contributed by atoms with E-state index in [9.17, 15) is 9.59 Å². The molecule has 7 nitrogen and oxygen atoms in total. The van der Waals surface area contributed by atoms with Crippen LogP contribution in [0.5, 0.6) is 0 Å². The standard InChI is InChI=1S/C13H24N2O5/c1-10(2)5-14-3-4-20-11(6-14)7-15(8-12(16)17)9-13(18)19/h10-11H,3-9H2,1-2H3,(H,16,17)(H,18,19). The molecule has 0 aromatic rings. The summed E-state index contributed by atoms with van der Waals surface area (Å²) in [7, 11) is 0. The lowest BCUT2D eigenvalue weighted by molar-refractivity contribution is -0.143. The molecule has 7 heteroatoms. The predicted molar refractivity (Wildman–Crippen MR) is 72.7 cm³/mol. The second-order valence-electron chi connectivity index (χ2n) is 5.60. The van der Waals surface area contributed by atoms with Gasteiger partial charge in [-0.25, -0.2) is 0 Å². The highest BCUT2D eigenvalue weighted by atomic mass is 16.5. The Kier molecular flexibility index (Phi) is 6.90. The van der Waals surface area contributed by atoms with E-state index in [0.717, 1.165) is 13.1 Å². The molecule has 1 heterocycles. The molecule has 1 saturated heterocycles. The molecule has 0 aliphatic carbocycles. The van der Waals surface area contributed by atoms with Gasteiger partial charge in [0.15, 0.2) is 0 Å². The summed E-state index contributed by atoms with van der Waals surface area (Å²) < 4.78 is 5.61. The fourth-order valence-electron chi connectivity index (χ4n) is 2.43. The van der Waals surface area contributed by atoms with Crippen molar-refractivity contribution in [2.24, 2.45) is 5.92 Å². The summed E-state index contributed by atoms with van der Waals surface area (Å²) in [4.78, 5) is 25.2. The summed E-state index contributed by atoms with van der Waals surface area (Å²) in [6.07, 6.45) is -0.138. The molecule has 0 spiro atoms. The molecular formula is C13H24N2O5. The van der Waals surface area contributed by atoms with Crippen molar-refractivity contribution in [2.75, 3.05) is 45.9 Å². The summed E-state index contributed by atoms with van der Waals surface area (Å²) in [5.74, 6) is -1.50. The van der Waals surface area contributed by atoms with E-state index >= 15 is 0 Å². The third kappa shape index (κ3) is 6.83. The van der Waals surface area contributed by atoms with Crippen molar-refractivity contribution < 1.29 is 24.5 Å². The molecule has 0 aromatic heterocycles. The van der Waals surface area contributed by atoms with Crippen LogP contribution in [0.3, 0.4) is 0 Å². The van der Waals surface area contributed by atoms with E-state index in [1.165, 1.54) is 4.90 Å². The SMILES string of the molecule is CC(C)CN1CCOC(CN(CC(=O)O)CC(=O)O)C1. The highest BCUT2D eigenvalue weighted by Gasteiger charge is 2.24. The number of rotatable bonds is 8. The van der Waals surface area contributed by atoms with Crippen molar-refractivity contribution in [1.82, 2.24) is 9.80 Å². The molecule has 1 rings (SSSR count). The first-order chi connectivity index (χ1) is 9.36. The van der Waals surface area contributed by atoms with Crippen LogP contribution < -0.4 is 0 Å². The lowest BCUT2D eigenvalue weighted by atomic mass is 10.1. The number of morpholine rings is 1. The second-order valence-corrected chi connectivity index (χ2v) is 5.60. The van der Waals surface area contributed by atoms with Crippen molar-refractivity contribution in [3.63, 3.8) is 0 Å². The number of hydrogen-bond acceptors (Lipinski definition) is 5. The zero-order chi connectivity index (χ0) is 15.1. The van der Waals surface area contributed by atoms with Gasteiger partial charge in [0, 0.05) is 26.2 Å². The van der Waals surface area contributed by atoms with Gasteiger partial charge in [0.1, 0.15) is 0 Å². The van der Waals surface area contributed by atoms with Crippen LogP contribution in [-0.4, -0.2) is 83.9 Å². The zero-order valence-corrected chi connectivity index (χ0v) is 12.1. The quantitative estimate of drug-likeness (QED) is 0.640. The Bertz CT molecular complexity index is 319. The first kappa shape index (κ1) is 16.9. The van der Waals surface area contributed by atoms with Gasteiger partial charge in [0.25, 0.3) is 0 Å². The minimum atomic E-state index is -1.03. The Morgan fingerprint density at radius 2 is 1.90 bits per heavy atom. The molecule has 1 aliphatic heterocycles. The molecule has 0 aromatic carbocycles. The third-order valence-corrected chi connectivity index (χ3v) is 3.03. The van der Waals surface area contributed by atoms with E-state index in [4.69, 9.17) is 14.9 Å². The van der Waals surface area contributed by atoms with Gasteiger partial charge in [-0.15, -0.1) is 0 Å². The highest BCUT2D eigenvalue weighted by molar-refractivity contribution is 5.72. The van der Waals surface area contributed by atoms with Crippen LogP contribution in [0.2, 0.25) is 0 Å². The topological polar surface area (TPSA) is 90.3 Å². The van der Waals surface area contributed by atoms with Crippen molar-refractivity contribution in [3.8, 4) is 0 Å². The summed E-state index contributed by atoms with van der Waals surface area (Å²) in [6, 6.07) is 0. The highest BCUT2D eigenvalue weighted by Crippen LogP contribution is 2.09. The Balaban J connectivity index is 2.49. The average Bonchev–Trinajstić information content (AvgIpc) is 2.26. The summed E-state index contributed by atoms with van der Waals surface area (Å²) in [6.45, 7) is 7.21. The number of carbonyl (C=O) groups is 2. The summed E-state index contributed by atoms with van der Waals surface area (Å²) in [5, 5.41) is 17.6. The number of ether oxygens (including phenoxy) is 1. The van der Waals surface area contributed by atoms with Gasteiger partial charge >= 0.3 is 11.9 Å². The minimum absolute atomic E-state index is 0.138. The van der Waals surface area contributed by atoms with Crippen LogP contribution in [0.1, 0.15) is 13.8 Å². The van der Waals surface area contributed by atoms with Gasteiger partial charge in [0.2, 0.25) is 0 Å². The average molecular weight is 288 g/mol. The maximum atomic E-state index is 10.8. The third-order valence-electron chi connectivity index (χ3n) is 3.03. The molecule has 0 radical (unpaired) electrons. The number of aliphatic carboxylic acids is 2. The van der Waals surface area contributed by atoms with E-state index in [1.807, 2.05) is 0 Å². The molecule has 1 unspecified atom stereocenters. The van der Waals surface area contributed by atoms with Gasteiger partial charge < -0.3 is 14.9 Å². The zero-order valence-electron chi connectivity index (χ0n) is 12.1. The summed E-state index contributed by atoms with van der Waals surface area (Å²) in [5.41, 5.74) is 0. The Labute approximate surface area is 119 Å². The summed E-state index contributed by atoms with van der Waals surface area (Å²) >= 11 is 0. The van der Waals surface area contributed by atoms with Crippen LogP contribution >= 0.6 is 0 Å². The van der Waals surface area contributed by atoms with Gasteiger partial charge in [-0.05, 0) is 5.92 Å². The fraction of sp³-hybridized carbons (Fsp3) is 0.846. The maximum Gasteiger partial charge on any atom is 0.317 e. The first-order valence-electron chi connectivity index (χ1n) is 6.86. The minimum Gasteiger partial charge on any atom is -0.480 e. The smallest absolute Gasteiger partial charge is 0.317 e. The van der Waals surface area contributed by atoms with Crippen LogP contribution in [0.15, 0.2) is 0 Å². The van der Waals surface area contributed by atoms with E-state index in [-0.39, 0.29) is 19.2 Å². The van der Waals surface area contributed by atoms with Gasteiger partial charge in [0.05, 0.1) is 25.8 Å². The normalized spacial score (nSPS) is 20.5. The molecule has 1 atom stereocenters. The first-order valence-corrected chi connectivity index (χ1v) is 6.86. The number of hydrogen-bond donors (Lipinski definition) is 2. The van der Waals surface area contributed by atoms with Crippen molar-refractivity contribution in [1.29, 1.82) is 0 Å². The molecule has 0 bridgehead atoms. The molecular weight excluding hydrogens is 264 g/mol. The van der Waals surface area contributed by atoms with E-state index in [2.05, 4.69) is 18.7 Å². The maximum absolute atomic E-state index is 10.8. The van der Waals surface area contributed by atoms with Gasteiger partial charge in [-0.3, -0.25) is 19.4 Å². The lowest BCUT2D eigenvalue weighted by Crippen LogP contribution is -2.50. The van der Waals surface area contributed by atoms with Crippen LogP contribution in [0.25, 0.3) is 0 Å². The van der Waals surface area contributed by atoms with E-state index in [1.54, 1.807) is 0 Å². The van der Waals surface area contributed by atoms with Crippen LogP contribution in [0, 0.1) is 5.92 Å². The van der Waals surface area contributed by atoms with E-state index < -0.39 is 11.9 Å². The van der Waals surface area contributed by atoms with Gasteiger partial charge in [-0.2, -0.15) is 0 Å². The van der Waals surface area contributed by atoms with Crippen molar-refractivity contribution in [2.45, 2.75) is 20.0 Å². The largest absolute Gasteiger partial charge is 0.480 e. The fourth-order valence-corrected chi connectivity index (χ4v) is 2.43. The second kappa shape index (κ2) is 8.18. The molecule has 0 amide bonds. The Morgan fingerprint density at radius 1 is 1.30 bits per heavy atom. The number of nitrogens with zero attached hydrogens (tertiary/aromatic N) is 2. The van der Waals surface area contributed by atoms with Crippen molar-refractivity contribution >= 4 is 11.9 Å². The Hall–Kier alpha value is -1.18. The lowest BCUT2D eigenvalue weighted by Gasteiger charge is -2.35. The van der Waals surface area contributed by atoms with Crippen molar-refractivity contribution in [3.05, 3.63) is 0 Å². The van der Waals surface area contributed by atoms with Crippen LogP contribution in [-0.2, 0) is 14.3 Å². The molecule has 1 fully saturated rings. The number of carboxylic acids is 2. The molecule has 116 valence electrons.